The first-order valence-electron chi connectivity index (χ1n) is 8.59. The van der Waals surface area contributed by atoms with Crippen molar-refractivity contribution < 1.29 is 22.9 Å². The quantitative estimate of drug-likeness (QED) is 0.532. The maximum atomic E-state index is 12.7. The van der Waals surface area contributed by atoms with Gasteiger partial charge in [0.25, 0.3) is 5.91 Å². The predicted molar refractivity (Wildman–Crippen MR) is 104 cm³/mol. The molecular weight excluding hydrogens is 384 g/mol. The SMILES string of the molecule is CCOC(C(=O)Nc1cc(C)c(S(=O)(=O)C[N+](=O)[O-])c(C)c1)c1ccccc1. The number of nitrogens with zero attached hydrogens (tertiary/aromatic N) is 1. The van der Waals surface area contributed by atoms with E-state index in [1.807, 2.05) is 6.07 Å². The number of ether oxygens (including phenoxy) is 1. The lowest BCUT2D eigenvalue weighted by atomic mass is 10.1. The van der Waals surface area contributed by atoms with Crippen molar-refractivity contribution in [2.75, 3.05) is 17.8 Å². The van der Waals surface area contributed by atoms with Gasteiger partial charge in [0.15, 0.2) is 6.10 Å². The van der Waals surface area contributed by atoms with Crippen molar-refractivity contribution in [1.29, 1.82) is 0 Å². The number of amides is 1. The van der Waals surface area contributed by atoms with Gasteiger partial charge in [-0.05, 0) is 49.6 Å². The van der Waals surface area contributed by atoms with E-state index in [2.05, 4.69) is 5.32 Å². The van der Waals surface area contributed by atoms with Crippen molar-refractivity contribution >= 4 is 21.4 Å². The molecule has 0 heterocycles. The van der Waals surface area contributed by atoms with Crippen molar-refractivity contribution in [2.45, 2.75) is 31.8 Å². The topological polar surface area (TPSA) is 116 Å². The Bertz CT molecular complexity index is 950. The van der Waals surface area contributed by atoms with Gasteiger partial charge in [-0.2, -0.15) is 0 Å². The Morgan fingerprint density at radius 2 is 1.75 bits per heavy atom. The summed E-state index contributed by atoms with van der Waals surface area (Å²) in [5, 5.41) is 13.4. The molecule has 1 atom stereocenters. The molecule has 0 aliphatic carbocycles. The van der Waals surface area contributed by atoms with E-state index in [1.54, 1.807) is 31.2 Å². The maximum absolute atomic E-state index is 12.7. The van der Waals surface area contributed by atoms with Gasteiger partial charge in [0.2, 0.25) is 9.84 Å². The smallest absolute Gasteiger partial charge is 0.305 e. The van der Waals surface area contributed by atoms with Crippen molar-refractivity contribution in [2.24, 2.45) is 0 Å². The summed E-state index contributed by atoms with van der Waals surface area (Å²) in [6, 6.07) is 12.0. The minimum absolute atomic E-state index is 0.0911. The number of carbonyl (C=O) groups is 1. The molecule has 1 N–H and O–H groups in total. The second kappa shape index (κ2) is 8.94. The van der Waals surface area contributed by atoms with Gasteiger partial charge in [-0.3, -0.25) is 14.9 Å². The molecule has 0 fully saturated rings. The number of anilines is 1. The highest BCUT2D eigenvalue weighted by Crippen LogP contribution is 2.27. The molecule has 0 radical (unpaired) electrons. The van der Waals surface area contributed by atoms with Gasteiger partial charge in [0.05, 0.1) is 4.90 Å². The lowest BCUT2D eigenvalue weighted by Gasteiger charge is -2.18. The third-order valence-corrected chi connectivity index (χ3v) is 5.80. The number of aryl methyl sites for hydroxylation is 2. The third-order valence-electron chi connectivity index (χ3n) is 3.99. The van der Waals surface area contributed by atoms with Gasteiger partial charge in [-0.1, -0.05) is 30.3 Å². The number of nitro groups is 1. The number of sulfone groups is 1. The zero-order chi connectivity index (χ0) is 20.9. The van der Waals surface area contributed by atoms with Crippen molar-refractivity contribution in [3.05, 3.63) is 69.3 Å². The monoisotopic (exact) mass is 406 g/mol. The fourth-order valence-corrected chi connectivity index (χ4v) is 4.55. The van der Waals surface area contributed by atoms with Gasteiger partial charge in [0, 0.05) is 17.2 Å². The molecule has 8 nitrogen and oxygen atoms in total. The van der Waals surface area contributed by atoms with Crippen LogP contribution in [0.3, 0.4) is 0 Å². The average molecular weight is 406 g/mol. The van der Waals surface area contributed by atoms with E-state index in [-0.39, 0.29) is 4.90 Å². The van der Waals surface area contributed by atoms with Crippen LogP contribution in [0.15, 0.2) is 47.4 Å². The fourth-order valence-electron chi connectivity index (χ4n) is 3.04. The molecule has 0 bridgehead atoms. The van der Waals surface area contributed by atoms with Gasteiger partial charge in [0.1, 0.15) is 0 Å². The first-order valence-corrected chi connectivity index (χ1v) is 10.2. The molecule has 1 unspecified atom stereocenters. The zero-order valence-electron chi connectivity index (χ0n) is 15.8. The molecule has 150 valence electrons. The van der Waals surface area contributed by atoms with Gasteiger partial charge in [-0.25, -0.2) is 8.42 Å². The van der Waals surface area contributed by atoms with Crippen LogP contribution in [0.2, 0.25) is 0 Å². The second-order valence-electron chi connectivity index (χ2n) is 6.25. The first kappa shape index (κ1) is 21.5. The van der Waals surface area contributed by atoms with E-state index >= 15 is 0 Å². The predicted octanol–water partition coefficient (Wildman–Crippen LogP) is 3.03. The highest BCUT2D eigenvalue weighted by molar-refractivity contribution is 7.91. The number of carbonyl (C=O) groups excluding carboxylic acids is 1. The standard InChI is InChI=1S/C19H22N2O6S/c1-4-27-17(15-8-6-5-7-9-15)19(22)20-16-10-13(2)18(14(3)11-16)28(25,26)12-21(23)24/h5-11,17H,4,12H2,1-3H3,(H,20,22). The van der Waals surface area contributed by atoms with E-state index < -0.39 is 32.6 Å². The molecule has 0 aromatic heterocycles. The number of hydrogen-bond donors (Lipinski definition) is 1. The molecule has 28 heavy (non-hydrogen) atoms. The number of nitrogens with one attached hydrogen (secondary N) is 1. The van der Waals surface area contributed by atoms with Crippen molar-refractivity contribution in [1.82, 2.24) is 0 Å². The van der Waals surface area contributed by atoms with E-state index in [0.29, 0.717) is 29.0 Å². The largest absolute Gasteiger partial charge is 0.364 e. The van der Waals surface area contributed by atoms with Crippen LogP contribution >= 0.6 is 0 Å². The summed E-state index contributed by atoms with van der Waals surface area (Å²) in [5.41, 5.74) is 1.73. The highest BCUT2D eigenvalue weighted by atomic mass is 32.2. The van der Waals surface area contributed by atoms with Crippen LogP contribution < -0.4 is 5.32 Å². The Morgan fingerprint density at radius 1 is 1.18 bits per heavy atom. The lowest BCUT2D eigenvalue weighted by Crippen LogP contribution is -2.24. The highest BCUT2D eigenvalue weighted by Gasteiger charge is 2.27. The van der Waals surface area contributed by atoms with Gasteiger partial charge >= 0.3 is 5.88 Å². The third kappa shape index (κ3) is 5.14. The van der Waals surface area contributed by atoms with Crippen LogP contribution in [-0.4, -0.2) is 31.7 Å². The van der Waals surface area contributed by atoms with Gasteiger partial charge in [-0.15, -0.1) is 0 Å². The van der Waals surface area contributed by atoms with Crippen LogP contribution in [0, 0.1) is 24.0 Å². The first-order chi connectivity index (χ1) is 13.2. The summed E-state index contributed by atoms with van der Waals surface area (Å²) in [4.78, 5) is 22.4. The Kier molecular flexibility index (Phi) is 6.87. The second-order valence-corrected chi connectivity index (χ2v) is 8.15. The molecule has 0 spiro atoms. The maximum Gasteiger partial charge on any atom is 0.305 e. The van der Waals surface area contributed by atoms with E-state index in [0.717, 1.165) is 0 Å². The summed E-state index contributed by atoms with van der Waals surface area (Å²) in [6.07, 6.45) is -0.815. The minimum atomic E-state index is -4.07. The summed E-state index contributed by atoms with van der Waals surface area (Å²) in [7, 11) is -4.07. The zero-order valence-corrected chi connectivity index (χ0v) is 16.7. The molecule has 2 aromatic carbocycles. The van der Waals surface area contributed by atoms with Gasteiger partial charge < -0.3 is 10.1 Å². The summed E-state index contributed by atoms with van der Waals surface area (Å²) in [6.45, 7) is 5.19. The number of benzene rings is 2. The van der Waals surface area contributed by atoms with Crippen molar-refractivity contribution in [3.8, 4) is 0 Å². The lowest BCUT2D eigenvalue weighted by molar-refractivity contribution is -0.458. The molecule has 2 rings (SSSR count). The van der Waals surface area contributed by atoms with Crippen LogP contribution in [0.4, 0.5) is 5.69 Å². The normalized spacial score (nSPS) is 12.4. The van der Waals surface area contributed by atoms with E-state index in [9.17, 15) is 23.3 Å². The average Bonchev–Trinajstić information content (AvgIpc) is 2.58. The molecule has 0 aliphatic rings. The summed E-state index contributed by atoms with van der Waals surface area (Å²) < 4.78 is 30.1. The summed E-state index contributed by atoms with van der Waals surface area (Å²) in [5.74, 6) is -1.58. The fraction of sp³-hybridized carbons (Fsp3) is 0.316. The molecular formula is C19H22N2O6S. The molecule has 2 aromatic rings. The molecule has 0 saturated heterocycles. The van der Waals surface area contributed by atoms with Crippen LogP contribution in [0.5, 0.6) is 0 Å². The Balaban J connectivity index is 2.31. The molecule has 9 heteroatoms. The Labute approximate surface area is 163 Å². The molecule has 0 aliphatic heterocycles. The summed E-state index contributed by atoms with van der Waals surface area (Å²) >= 11 is 0. The van der Waals surface area contributed by atoms with E-state index in [4.69, 9.17) is 4.74 Å². The minimum Gasteiger partial charge on any atom is -0.364 e. The van der Waals surface area contributed by atoms with Crippen LogP contribution in [-0.2, 0) is 19.4 Å². The number of hydrogen-bond acceptors (Lipinski definition) is 6. The van der Waals surface area contributed by atoms with Crippen LogP contribution in [0.1, 0.15) is 29.7 Å². The van der Waals surface area contributed by atoms with Crippen molar-refractivity contribution in [3.63, 3.8) is 0 Å². The molecule has 0 saturated carbocycles. The molecule has 1 amide bonds. The van der Waals surface area contributed by atoms with Crippen LogP contribution in [0.25, 0.3) is 0 Å². The Hall–Kier alpha value is -2.78. The van der Waals surface area contributed by atoms with E-state index in [1.165, 1.54) is 26.0 Å². The number of rotatable bonds is 8. The Morgan fingerprint density at radius 3 is 2.25 bits per heavy atom.